The van der Waals surface area contributed by atoms with Crippen molar-refractivity contribution >= 4 is 34.1 Å². The van der Waals surface area contributed by atoms with E-state index in [4.69, 9.17) is 0 Å². The van der Waals surface area contributed by atoms with Crippen LogP contribution in [0.25, 0.3) is 10.9 Å². The molecule has 32 heavy (non-hydrogen) atoms. The van der Waals surface area contributed by atoms with Crippen molar-refractivity contribution in [3.05, 3.63) is 110 Å². The first kappa shape index (κ1) is 21.5. The van der Waals surface area contributed by atoms with Gasteiger partial charge in [-0.25, -0.2) is 4.98 Å². The topological polar surface area (TPSA) is 95.1 Å². The summed E-state index contributed by atoms with van der Waals surface area (Å²) in [6.45, 7) is 2.32. The van der Waals surface area contributed by atoms with E-state index in [-0.39, 0.29) is 28.3 Å². The van der Waals surface area contributed by atoms with Crippen molar-refractivity contribution in [1.29, 1.82) is 0 Å². The van der Waals surface area contributed by atoms with Crippen molar-refractivity contribution < 1.29 is 9.72 Å². The number of Topliss-reactive ketones (excluding diaryl/α,β-unsaturated/α-hetero) is 1. The van der Waals surface area contributed by atoms with Gasteiger partial charge in [-0.1, -0.05) is 65.9 Å². The zero-order valence-electron chi connectivity index (χ0n) is 17.2. The highest BCUT2D eigenvalue weighted by Gasteiger charge is 2.16. The fourth-order valence-electron chi connectivity index (χ4n) is 3.28. The summed E-state index contributed by atoms with van der Waals surface area (Å²) in [7, 11) is 0. The minimum atomic E-state index is -0.534. The summed E-state index contributed by atoms with van der Waals surface area (Å²) < 4.78 is 1.57. The minimum absolute atomic E-state index is 0.000153. The normalized spacial score (nSPS) is 10.9. The van der Waals surface area contributed by atoms with Gasteiger partial charge in [0.1, 0.15) is 0 Å². The SMILES string of the molecule is Cc1ccc(Cn2c(SCC(=O)c3cccc([N+](=O)[O-])c3)nc3ccccc3c2=O)cc1. The third kappa shape index (κ3) is 4.60. The summed E-state index contributed by atoms with van der Waals surface area (Å²) in [4.78, 5) is 41.0. The maximum absolute atomic E-state index is 13.2. The van der Waals surface area contributed by atoms with E-state index >= 15 is 0 Å². The molecule has 0 N–H and O–H groups in total. The van der Waals surface area contributed by atoms with Crippen LogP contribution in [0, 0.1) is 17.0 Å². The molecule has 0 amide bonds. The van der Waals surface area contributed by atoms with Crippen LogP contribution < -0.4 is 5.56 Å². The second-order valence-corrected chi connectivity index (χ2v) is 8.25. The van der Waals surface area contributed by atoms with E-state index < -0.39 is 4.92 Å². The van der Waals surface area contributed by atoms with Crippen molar-refractivity contribution in [2.24, 2.45) is 0 Å². The number of ketones is 1. The molecule has 7 nitrogen and oxygen atoms in total. The van der Waals surface area contributed by atoms with E-state index in [1.54, 1.807) is 28.8 Å². The zero-order valence-corrected chi connectivity index (χ0v) is 18.0. The number of aromatic nitrogens is 2. The van der Waals surface area contributed by atoms with Gasteiger partial charge in [0.2, 0.25) is 0 Å². The number of nitro benzene ring substituents is 1. The summed E-state index contributed by atoms with van der Waals surface area (Å²) in [6, 6.07) is 20.6. The Bertz CT molecular complexity index is 1380. The maximum atomic E-state index is 13.2. The molecule has 0 aliphatic heterocycles. The Morgan fingerprint density at radius 2 is 1.81 bits per heavy atom. The van der Waals surface area contributed by atoms with Crippen molar-refractivity contribution in [2.75, 3.05) is 5.75 Å². The predicted molar refractivity (Wildman–Crippen MR) is 124 cm³/mol. The average Bonchev–Trinajstić information content (AvgIpc) is 2.81. The summed E-state index contributed by atoms with van der Waals surface area (Å²) in [5.41, 5.74) is 2.56. The first-order valence-corrected chi connectivity index (χ1v) is 10.9. The van der Waals surface area contributed by atoms with Gasteiger partial charge in [-0.2, -0.15) is 0 Å². The second-order valence-electron chi connectivity index (χ2n) is 7.31. The molecule has 160 valence electrons. The zero-order chi connectivity index (χ0) is 22.7. The van der Waals surface area contributed by atoms with E-state index in [0.29, 0.717) is 22.6 Å². The number of para-hydroxylation sites is 1. The van der Waals surface area contributed by atoms with E-state index in [1.165, 1.54) is 18.2 Å². The molecular formula is C24H19N3O4S. The highest BCUT2D eigenvalue weighted by atomic mass is 32.2. The van der Waals surface area contributed by atoms with Crippen LogP contribution in [-0.2, 0) is 6.54 Å². The van der Waals surface area contributed by atoms with E-state index in [0.717, 1.165) is 22.9 Å². The summed E-state index contributed by atoms with van der Waals surface area (Å²) in [5, 5.41) is 11.9. The van der Waals surface area contributed by atoms with Crippen molar-refractivity contribution in [1.82, 2.24) is 9.55 Å². The lowest BCUT2D eigenvalue weighted by Crippen LogP contribution is -2.24. The monoisotopic (exact) mass is 445 g/mol. The number of rotatable bonds is 7. The van der Waals surface area contributed by atoms with Crippen LogP contribution in [0.1, 0.15) is 21.5 Å². The Hall–Kier alpha value is -3.78. The molecule has 0 fully saturated rings. The lowest BCUT2D eigenvalue weighted by atomic mass is 10.1. The van der Waals surface area contributed by atoms with E-state index in [2.05, 4.69) is 4.98 Å². The van der Waals surface area contributed by atoms with Gasteiger partial charge in [-0.05, 0) is 24.6 Å². The molecule has 4 rings (SSSR count). The quantitative estimate of drug-likeness (QED) is 0.135. The number of carbonyl (C=O) groups is 1. The predicted octanol–water partition coefficient (Wildman–Crippen LogP) is 4.64. The van der Waals surface area contributed by atoms with Crippen LogP contribution in [0.3, 0.4) is 0 Å². The molecule has 0 aliphatic carbocycles. The molecular weight excluding hydrogens is 426 g/mol. The average molecular weight is 446 g/mol. The summed E-state index contributed by atoms with van der Waals surface area (Å²) in [6.07, 6.45) is 0. The number of carbonyl (C=O) groups excluding carboxylic acids is 1. The Kier molecular flexibility index (Phi) is 6.13. The van der Waals surface area contributed by atoms with Gasteiger partial charge < -0.3 is 0 Å². The molecule has 0 radical (unpaired) electrons. The third-order valence-corrected chi connectivity index (χ3v) is 5.98. The molecule has 8 heteroatoms. The smallest absolute Gasteiger partial charge is 0.270 e. The van der Waals surface area contributed by atoms with Crippen LogP contribution in [0.5, 0.6) is 0 Å². The standard InChI is InChI=1S/C24H19N3O4S/c1-16-9-11-17(12-10-16)14-26-23(29)20-7-2-3-8-21(20)25-24(26)32-15-22(28)18-5-4-6-19(13-18)27(30)31/h2-13H,14-15H2,1H3. The van der Waals surface area contributed by atoms with Gasteiger partial charge >= 0.3 is 0 Å². The number of non-ortho nitro benzene ring substituents is 1. The Morgan fingerprint density at radius 1 is 1.06 bits per heavy atom. The number of fused-ring (bicyclic) bond motifs is 1. The maximum Gasteiger partial charge on any atom is 0.270 e. The van der Waals surface area contributed by atoms with Gasteiger partial charge in [-0.15, -0.1) is 0 Å². The minimum Gasteiger partial charge on any atom is -0.293 e. The van der Waals surface area contributed by atoms with Crippen molar-refractivity contribution in [2.45, 2.75) is 18.6 Å². The number of nitrogens with zero attached hydrogens (tertiary/aromatic N) is 3. The van der Waals surface area contributed by atoms with Crippen molar-refractivity contribution in [3.63, 3.8) is 0 Å². The summed E-state index contributed by atoms with van der Waals surface area (Å²) >= 11 is 1.15. The van der Waals surface area contributed by atoms with Gasteiger partial charge in [0.15, 0.2) is 10.9 Å². The Labute approximate surface area is 187 Å². The molecule has 1 aromatic heterocycles. The Morgan fingerprint density at radius 3 is 2.56 bits per heavy atom. The van der Waals surface area contributed by atoms with Gasteiger partial charge in [-0.3, -0.25) is 24.3 Å². The Balaban J connectivity index is 1.67. The molecule has 0 bridgehead atoms. The van der Waals surface area contributed by atoms with Gasteiger partial charge in [0, 0.05) is 17.7 Å². The van der Waals surface area contributed by atoms with Crippen LogP contribution >= 0.6 is 11.8 Å². The highest BCUT2D eigenvalue weighted by molar-refractivity contribution is 7.99. The number of aryl methyl sites for hydroxylation is 1. The number of hydrogen-bond donors (Lipinski definition) is 0. The third-order valence-electron chi connectivity index (χ3n) is 5.00. The fraction of sp³-hybridized carbons (Fsp3) is 0.125. The molecule has 1 heterocycles. The largest absolute Gasteiger partial charge is 0.293 e. The van der Waals surface area contributed by atoms with Crippen LogP contribution in [0.2, 0.25) is 0 Å². The van der Waals surface area contributed by atoms with Crippen LogP contribution in [0.15, 0.2) is 82.7 Å². The molecule has 0 spiro atoms. The van der Waals surface area contributed by atoms with Gasteiger partial charge in [0.25, 0.3) is 11.2 Å². The molecule has 0 aliphatic rings. The van der Waals surface area contributed by atoms with Crippen LogP contribution in [-0.4, -0.2) is 26.0 Å². The molecule has 4 aromatic rings. The molecule has 0 saturated heterocycles. The number of thioether (sulfide) groups is 1. The van der Waals surface area contributed by atoms with Gasteiger partial charge in [0.05, 0.1) is 28.1 Å². The number of benzene rings is 3. The molecule has 0 atom stereocenters. The van der Waals surface area contributed by atoms with E-state index in [9.17, 15) is 19.7 Å². The fourth-order valence-corrected chi connectivity index (χ4v) is 4.17. The first-order chi connectivity index (χ1) is 15.4. The lowest BCUT2D eigenvalue weighted by Gasteiger charge is -2.13. The van der Waals surface area contributed by atoms with Crippen LogP contribution in [0.4, 0.5) is 5.69 Å². The molecule has 0 unspecified atom stereocenters. The number of hydrogen-bond acceptors (Lipinski definition) is 6. The first-order valence-electron chi connectivity index (χ1n) is 9.88. The highest BCUT2D eigenvalue weighted by Crippen LogP contribution is 2.22. The summed E-state index contributed by atoms with van der Waals surface area (Å²) in [5.74, 6) is -0.275. The molecule has 3 aromatic carbocycles. The molecule has 0 saturated carbocycles. The number of nitro groups is 1. The van der Waals surface area contributed by atoms with E-state index in [1.807, 2.05) is 37.3 Å². The van der Waals surface area contributed by atoms with Crippen molar-refractivity contribution in [3.8, 4) is 0 Å². The second kappa shape index (κ2) is 9.15. The lowest BCUT2D eigenvalue weighted by molar-refractivity contribution is -0.384.